The van der Waals surface area contributed by atoms with E-state index < -0.39 is 0 Å². The van der Waals surface area contributed by atoms with Gasteiger partial charge in [-0.05, 0) is 26.7 Å². The zero-order chi connectivity index (χ0) is 18.6. The topological polar surface area (TPSA) is 75.5 Å². The Kier molecular flexibility index (Phi) is 3.87. The fourth-order valence-corrected chi connectivity index (χ4v) is 3.68. The molecule has 4 heterocycles. The molecule has 1 atom stereocenters. The van der Waals surface area contributed by atoms with Crippen molar-refractivity contribution in [3.05, 3.63) is 44.9 Å². The smallest absolute Gasteiger partial charge is 0.332 e. The molecule has 8 nitrogen and oxygen atoms in total. The third kappa shape index (κ3) is 2.44. The van der Waals surface area contributed by atoms with Crippen molar-refractivity contribution in [2.24, 2.45) is 7.05 Å². The number of imidazole rings is 2. The third-order valence-electron chi connectivity index (χ3n) is 4.98. The Labute approximate surface area is 149 Å². The van der Waals surface area contributed by atoms with Crippen LogP contribution in [-0.2, 0) is 24.9 Å². The van der Waals surface area contributed by atoms with Crippen LogP contribution in [0.4, 0.5) is 0 Å². The minimum Gasteiger partial charge on any atom is -0.376 e. The van der Waals surface area contributed by atoms with Crippen molar-refractivity contribution in [3.8, 4) is 0 Å². The molecule has 0 saturated carbocycles. The van der Waals surface area contributed by atoms with Crippen molar-refractivity contribution in [2.75, 3.05) is 6.61 Å². The summed E-state index contributed by atoms with van der Waals surface area (Å²) in [6.45, 7) is 9.29. The number of hydrogen-bond donors (Lipinski definition) is 0. The van der Waals surface area contributed by atoms with Crippen LogP contribution in [0, 0.1) is 6.92 Å². The summed E-state index contributed by atoms with van der Waals surface area (Å²) in [5, 5.41) is 0. The van der Waals surface area contributed by atoms with Crippen LogP contribution in [0.3, 0.4) is 0 Å². The minimum absolute atomic E-state index is 0.161. The van der Waals surface area contributed by atoms with E-state index >= 15 is 0 Å². The summed E-state index contributed by atoms with van der Waals surface area (Å²) in [7, 11) is 1.64. The SMILES string of the molecule is C=C(C)Cn1c(=O)c2c(nc3n(C[C@H]4CCCO4)c(C)cn23)n(C)c1=O. The molecule has 0 aromatic carbocycles. The summed E-state index contributed by atoms with van der Waals surface area (Å²) in [6.07, 6.45) is 4.15. The first-order valence-corrected chi connectivity index (χ1v) is 8.82. The number of rotatable bonds is 4. The number of hydrogen-bond acceptors (Lipinski definition) is 4. The number of aryl methyl sites for hydroxylation is 2. The lowest BCUT2D eigenvalue weighted by molar-refractivity contribution is 0.0974. The van der Waals surface area contributed by atoms with Gasteiger partial charge in [-0.2, -0.15) is 4.98 Å². The van der Waals surface area contributed by atoms with E-state index in [4.69, 9.17) is 4.74 Å². The Balaban J connectivity index is 1.98. The summed E-state index contributed by atoms with van der Waals surface area (Å²) >= 11 is 0. The lowest BCUT2D eigenvalue weighted by Gasteiger charge is -2.11. The van der Waals surface area contributed by atoms with Crippen LogP contribution in [0.1, 0.15) is 25.5 Å². The van der Waals surface area contributed by atoms with Gasteiger partial charge in [0.1, 0.15) is 0 Å². The largest absolute Gasteiger partial charge is 0.376 e. The summed E-state index contributed by atoms with van der Waals surface area (Å²) in [5.41, 5.74) is 1.84. The Morgan fingerprint density at radius 1 is 1.38 bits per heavy atom. The molecule has 1 saturated heterocycles. The molecule has 0 spiro atoms. The Bertz CT molecular complexity index is 1140. The molecule has 0 aliphatic carbocycles. The van der Waals surface area contributed by atoms with Gasteiger partial charge in [0.25, 0.3) is 5.56 Å². The van der Waals surface area contributed by atoms with Gasteiger partial charge in [-0.15, -0.1) is 0 Å². The summed E-state index contributed by atoms with van der Waals surface area (Å²) in [4.78, 5) is 30.2. The highest BCUT2D eigenvalue weighted by atomic mass is 16.5. The highest BCUT2D eigenvalue weighted by Crippen LogP contribution is 2.20. The van der Waals surface area contributed by atoms with Gasteiger partial charge in [0, 0.05) is 25.5 Å². The summed E-state index contributed by atoms with van der Waals surface area (Å²) in [5.74, 6) is 0.660. The standard InChI is InChI=1S/C18H23N5O3/c1-11(2)8-23-16(24)14-15(20(4)18(23)25)19-17-21(12(3)9-22(14)17)10-13-6-5-7-26-13/h9,13H,1,5-8,10H2,2-4H3/t13-/m1/s1. The molecule has 26 heavy (non-hydrogen) atoms. The van der Waals surface area contributed by atoms with E-state index in [1.807, 2.05) is 13.1 Å². The predicted molar refractivity (Wildman–Crippen MR) is 98.7 cm³/mol. The maximum atomic E-state index is 13.0. The Morgan fingerprint density at radius 2 is 2.15 bits per heavy atom. The second kappa shape index (κ2) is 5.98. The van der Waals surface area contributed by atoms with Crippen LogP contribution >= 0.6 is 0 Å². The summed E-state index contributed by atoms with van der Waals surface area (Å²) in [6, 6.07) is 0. The van der Waals surface area contributed by atoms with Crippen LogP contribution in [0.2, 0.25) is 0 Å². The molecule has 0 bridgehead atoms. The average molecular weight is 357 g/mol. The van der Waals surface area contributed by atoms with E-state index in [1.165, 1.54) is 9.13 Å². The normalized spacial score (nSPS) is 17.6. The van der Waals surface area contributed by atoms with E-state index in [2.05, 4.69) is 16.1 Å². The van der Waals surface area contributed by atoms with Gasteiger partial charge in [-0.3, -0.25) is 18.3 Å². The van der Waals surface area contributed by atoms with Gasteiger partial charge >= 0.3 is 5.69 Å². The molecule has 138 valence electrons. The molecule has 3 aromatic rings. The zero-order valence-corrected chi connectivity index (χ0v) is 15.4. The predicted octanol–water partition coefficient (Wildman–Crippen LogP) is 1.21. The van der Waals surface area contributed by atoms with Gasteiger partial charge in [-0.1, -0.05) is 12.2 Å². The fourth-order valence-electron chi connectivity index (χ4n) is 3.68. The second-order valence-electron chi connectivity index (χ2n) is 7.16. The van der Waals surface area contributed by atoms with E-state index in [9.17, 15) is 9.59 Å². The van der Waals surface area contributed by atoms with E-state index in [0.717, 1.165) is 30.7 Å². The van der Waals surface area contributed by atoms with Crippen LogP contribution in [0.15, 0.2) is 27.9 Å². The van der Waals surface area contributed by atoms with Crippen molar-refractivity contribution < 1.29 is 4.74 Å². The molecular formula is C18H23N5O3. The van der Waals surface area contributed by atoms with Crippen molar-refractivity contribution in [2.45, 2.75) is 45.9 Å². The molecule has 1 aliphatic rings. The fraction of sp³-hybridized carbons (Fsp3) is 0.500. The molecule has 1 fully saturated rings. The third-order valence-corrected chi connectivity index (χ3v) is 4.98. The molecule has 1 aliphatic heterocycles. The number of ether oxygens (including phenoxy) is 1. The van der Waals surface area contributed by atoms with Crippen molar-refractivity contribution >= 4 is 16.9 Å². The van der Waals surface area contributed by atoms with E-state index in [1.54, 1.807) is 18.4 Å². The number of aromatic nitrogens is 5. The molecule has 0 N–H and O–H groups in total. The number of fused-ring (bicyclic) bond motifs is 3. The molecule has 0 unspecified atom stereocenters. The van der Waals surface area contributed by atoms with Crippen LogP contribution in [0.25, 0.3) is 16.9 Å². The second-order valence-corrected chi connectivity index (χ2v) is 7.16. The van der Waals surface area contributed by atoms with Gasteiger partial charge in [-0.25, -0.2) is 4.79 Å². The first-order valence-electron chi connectivity index (χ1n) is 8.82. The van der Waals surface area contributed by atoms with Crippen molar-refractivity contribution in [1.82, 2.24) is 23.1 Å². The highest BCUT2D eigenvalue weighted by Gasteiger charge is 2.23. The lowest BCUT2D eigenvalue weighted by Crippen LogP contribution is -2.39. The Hall–Kier alpha value is -2.61. The molecule has 3 aromatic heterocycles. The number of nitrogens with zero attached hydrogens (tertiary/aromatic N) is 5. The lowest BCUT2D eigenvalue weighted by atomic mass is 10.2. The number of allylic oxidation sites excluding steroid dienone is 1. The van der Waals surface area contributed by atoms with Gasteiger partial charge in [0.15, 0.2) is 11.2 Å². The zero-order valence-electron chi connectivity index (χ0n) is 15.4. The summed E-state index contributed by atoms with van der Waals surface area (Å²) < 4.78 is 12.2. The highest BCUT2D eigenvalue weighted by molar-refractivity contribution is 5.75. The Morgan fingerprint density at radius 3 is 2.81 bits per heavy atom. The van der Waals surface area contributed by atoms with Crippen molar-refractivity contribution in [3.63, 3.8) is 0 Å². The van der Waals surface area contributed by atoms with Gasteiger partial charge < -0.3 is 9.30 Å². The molecular weight excluding hydrogens is 334 g/mol. The molecule has 0 radical (unpaired) electrons. The molecule has 4 rings (SSSR count). The maximum Gasteiger partial charge on any atom is 0.332 e. The van der Waals surface area contributed by atoms with Crippen LogP contribution < -0.4 is 11.2 Å². The quantitative estimate of drug-likeness (QED) is 0.658. The van der Waals surface area contributed by atoms with E-state index in [-0.39, 0.29) is 23.9 Å². The molecule has 0 amide bonds. The van der Waals surface area contributed by atoms with Gasteiger partial charge in [0.2, 0.25) is 5.78 Å². The van der Waals surface area contributed by atoms with Crippen LogP contribution in [-0.4, -0.2) is 35.8 Å². The first kappa shape index (κ1) is 16.8. The minimum atomic E-state index is -0.381. The maximum absolute atomic E-state index is 13.0. The van der Waals surface area contributed by atoms with Crippen LogP contribution in [0.5, 0.6) is 0 Å². The first-order chi connectivity index (χ1) is 12.4. The van der Waals surface area contributed by atoms with Gasteiger partial charge in [0.05, 0.1) is 19.2 Å². The average Bonchev–Trinajstić information content (AvgIpc) is 3.28. The van der Waals surface area contributed by atoms with Crippen molar-refractivity contribution in [1.29, 1.82) is 0 Å². The van der Waals surface area contributed by atoms with E-state index in [0.29, 0.717) is 23.5 Å². The monoisotopic (exact) mass is 357 g/mol. The molecule has 8 heteroatoms.